The van der Waals surface area contributed by atoms with Crippen LogP contribution in [0.4, 0.5) is 0 Å². The SMILES string of the molecule is c1ccc(-c2ccc(-c3ccc(-c4ccc(-c5ccc6c(ccc7ccccc76)c5)cc4)s3)cc2)cc1. The maximum absolute atomic E-state index is 2.30. The average molecular weight is 489 g/mol. The molecule has 1 aromatic heterocycles. The molecule has 0 aliphatic rings. The van der Waals surface area contributed by atoms with Gasteiger partial charge in [-0.05, 0) is 73.1 Å². The monoisotopic (exact) mass is 488 g/mol. The van der Waals surface area contributed by atoms with E-state index in [0.29, 0.717) is 0 Å². The lowest BCUT2D eigenvalue weighted by Crippen LogP contribution is -1.82. The van der Waals surface area contributed by atoms with Crippen molar-refractivity contribution in [2.75, 3.05) is 0 Å². The first kappa shape index (κ1) is 21.8. The Bertz CT molecular complexity index is 1840. The van der Waals surface area contributed by atoms with Crippen molar-refractivity contribution < 1.29 is 0 Å². The van der Waals surface area contributed by atoms with Gasteiger partial charge in [-0.25, -0.2) is 0 Å². The van der Waals surface area contributed by atoms with Gasteiger partial charge in [0.05, 0.1) is 0 Å². The first-order valence-corrected chi connectivity index (χ1v) is 13.4. The molecule has 1 heteroatoms. The number of thiophene rings is 1. The Hall–Kier alpha value is -4.46. The Morgan fingerprint density at radius 2 is 0.784 bits per heavy atom. The molecule has 7 rings (SSSR count). The van der Waals surface area contributed by atoms with E-state index in [0.717, 1.165) is 0 Å². The molecule has 0 nitrogen and oxygen atoms in total. The van der Waals surface area contributed by atoms with E-state index in [9.17, 15) is 0 Å². The molecule has 0 amide bonds. The summed E-state index contributed by atoms with van der Waals surface area (Å²) >= 11 is 1.85. The van der Waals surface area contributed by atoms with Gasteiger partial charge in [-0.3, -0.25) is 0 Å². The summed E-state index contributed by atoms with van der Waals surface area (Å²) in [5.74, 6) is 0. The molecule has 0 saturated carbocycles. The molecule has 7 aromatic rings. The van der Waals surface area contributed by atoms with Crippen LogP contribution in [0.3, 0.4) is 0 Å². The third kappa shape index (κ3) is 4.14. The van der Waals surface area contributed by atoms with E-state index in [-0.39, 0.29) is 0 Å². The second-order valence-corrected chi connectivity index (χ2v) is 10.5. The highest BCUT2D eigenvalue weighted by Crippen LogP contribution is 2.36. The molecule has 0 fully saturated rings. The maximum Gasteiger partial charge on any atom is 0.0349 e. The molecule has 0 saturated heterocycles. The van der Waals surface area contributed by atoms with Crippen molar-refractivity contribution in [1.82, 2.24) is 0 Å². The summed E-state index contributed by atoms with van der Waals surface area (Å²) in [6, 6.07) is 52.7. The van der Waals surface area contributed by atoms with Crippen LogP contribution in [0.25, 0.3) is 64.7 Å². The minimum Gasteiger partial charge on any atom is -0.135 e. The highest BCUT2D eigenvalue weighted by atomic mass is 32.1. The second kappa shape index (κ2) is 9.20. The van der Waals surface area contributed by atoms with Crippen LogP contribution >= 0.6 is 11.3 Å². The summed E-state index contributed by atoms with van der Waals surface area (Å²) in [5, 5.41) is 5.18. The van der Waals surface area contributed by atoms with Crippen LogP contribution in [-0.2, 0) is 0 Å². The number of hydrogen-bond donors (Lipinski definition) is 0. The summed E-state index contributed by atoms with van der Waals surface area (Å²) in [7, 11) is 0. The molecule has 0 aliphatic heterocycles. The van der Waals surface area contributed by atoms with Gasteiger partial charge in [0.25, 0.3) is 0 Å². The highest BCUT2D eigenvalue weighted by molar-refractivity contribution is 7.18. The lowest BCUT2D eigenvalue weighted by molar-refractivity contribution is 1.62. The predicted octanol–water partition coefficient (Wildman–Crippen LogP) is 10.7. The zero-order valence-corrected chi connectivity index (χ0v) is 21.1. The third-order valence-corrected chi connectivity index (χ3v) is 8.31. The molecule has 0 unspecified atom stereocenters. The Morgan fingerprint density at radius 3 is 1.49 bits per heavy atom. The molecule has 37 heavy (non-hydrogen) atoms. The van der Waals surface area contributed by atoms with Crippen molar-refractivity contribution in [2.24, 2.45) is 0 Å². The summed E-state index contributed by atoms with van der Waals surface area (Å²) in [6.45, 7) is 0. The van der Waals surface area contributed by atoms with Crippen LogP contribution in [0.15, 0.2) is 146 Å². The number of fused-ring (bicyclic) bond motifs is 3. The maximum atomic E-state index is 2.30. The van der Waals surface area contributed by atoms with E-state index < -0.39 is 0 Å². The van der Waals surface area contributed by atoms with Gasteiger partial charge >= 0.3 is 0 Å². The van der Waals surface area contributed by atoms with Gasteiger partial charge in [0, 0.05) is 9.75 Å². The Kier molecular flexibility index (Phi) is 5.42. The van der Waals surface area contributed by atoms with Crippen molar-refractivity contribution >= 4 is 32.9 Å². The quantitative estimate of drug-likeness (QED) is 0.216. The van der Waals surface area contributed by atoms with Gasteiger partial charge in [0.15, 0.2) is 0 Å². The van der Waals surface area contributed by atoms with Gasteiger partial charge in [-0.1, -0.05) is 127 Å². The van der Waals surface area contributed by atoms with Crippen LogP contribution in [0.5, 0.6) is 0 Å². The zero-order chi connectivity index (χ0) is 24.6. The molecule has 0 bridgehead atoms. The third-order valence-electron chi connectivity index (χ3n) is 7.13. The Balaban J connectivity index is 1.14. The molecule has 0 spiro atoms. The number of benzene rings is 6. The fraction of sp³-hybridized carbons (Fsp3) is 0. The van der Waals surface area contributed by atoms with Gasteiger partial charge in [-0.15, -0.1) is 11.3 Å². The molecule has 6 aromatic carbocycles. The molecular weight excluding hydrogens is 464 g/mol. The Morgan fingerprint density at radius 1 is 0.297 bits per heavy atom. The molecule has 0 radical (unpaired) electrons. The molecule has 0 atom stereocenters. The standard InChI is InChI=1S/C36H24S/c1-2-6-25(7-3-1)26-10-15-29(16-11-26)35-22-23-36(37-35)30-17-12-27(13-18-30)31-20-21-34-32(24-31)19-14-28-8-4-5-9-33(28)34/h1-24H. The van der Waals surface area contributed by atoms with Crippen molar-refractivity contribution in [2.45, 2.75) is 0 Å². The minimum atomic E-state index is 1.24. The second-order valence-electron chi connectivity index (χ2n) is 9.41. The highest BCUT2D eigenvalue weighted by Gasteiger charge is 2.08. The topological polar surface area (TPSA) is 0 Å². The van der Waals surface area contributed by atoms with Gasteiger partial charge in [0.2, 0.25) is 0 Å². The number of hydrogen-bond acceptors (Lipinski definition) is 1. The molecule has 0 N–H and O–H groups in total. The van der Waals surface area contributed by atoms with Gasteiger partial charge in [-0.2, -0.15) is 0 Å². The normalized spacial score (nSPS) is 11.2. The van der Waals surface area contributed by atoms with Crippen LogP contribution in [-0.4, -0.2) is 0 Å². The first-order valence-electron chi connectivity index (χ1n) is 12.6. The summed E-state index contributed by atoms with van der Waals surface area (Å²) in [4.78, 5) is 2.58. The minimum absolute atomic E-state index is 1.24. The lowest BCUT2D eigenvalue weighted by atomic mass is 9.97. The van der Waals surface area contributed by atoms with E-state index in [2.05, 4.69) is 146 Å². The smallest absolute Gasteiger partial charge is 0.0349 e. The van der Waals surface area contributed by atoms with Crippen LogP contribution in [0.1, 0.15) is 0 Å². The largest absolute Gasteiger partial charge is 0.135 e. The first-order chi connectivity index (χ1) is 18.3. The zero-order valence-electron chi connectivity index (χ0n) is 20.3. The Labute approximate surface area is 221 Å². The van der Waals surface area contributed by atoms with Crippen LogP contribution in [0, 0.1) is 0 Å². The van der Waals surface area contributed by atoms with Gasteiger partial charge in [0.1, 0.15) is 0 Å². The summed E-state index contributed by atoms with van der Waals surface area (Å²) < 4.78 is 0. The molecule has 0 aliphatic carbocycles. The van der Waals surface area contributed by atoms with Crippen molar-refractivity contribution in [3.63, 3.8) is 0 Å². The van der Waals surface area contributed by atoms with E-state index in [1.807, 2.05) is 11.3 Å². The van der Waals surface area contributed by atoms with Crippen molar-refractivity contribution in [1.29, 1.82) is 0 Å². The summed E-state index contributed by atoms with van der Waals surface area (Å²) in [5.41, 5.74) is 7.51. The lowest BCUT2D eigenvalue weighted by Gasteiger charge is -2.08. The fourth-order valence-electron chi connectivity index (χ4n) is 5.13. The number of rotatable bonds is 4. The predicted molar refractivity (Wildman–Crippen MR) is 161 cm³/mol. The van der Waals surface area contributed by atoms with Crippen LogP contribution < -0.4 is 0 Å². The van der Waals surface area contributed by atoms with E-state index in [1.165, 1.54) is 64.7 Å². The van der Waals surface area contributed by atoms with Crippen molar-refractivity contribution in [3.8, 4) is 43.1 Å². The van der Waals surface area contributed by atoms with Crippen molar-refractivity contribution in [3.05, 3.63) is 146 Å². The van der Waals surface area contributed by atoms with Gasteiger partial charge < -0.3 is 0 Å². The van der Waals surface area contributed by atoms with E-state index in [1.54, 1.807) is 0 Å². The summed E-state index contributed by atoms with van der Waals surface area (Å²) in [6.07, 6.45) is 0. The van der Waals surface area contributed by atoms with E-state index in [4.69, 9.17) is 0 Å². The molecule has 174 valence electrons. The molecular formula is C36H24S. The fourth-order valence-corrected chi connectivity index (χ4v) is 6.14. The molecule has 1 heterocycles. The van der Waals surface area contributed by atoms with Crippen LogP contribution in [0.2, 0.25) is 0 Å². The van der Waals surface area contributed by atoms with E-state index >= 15 is 0 Å². The average Bonchev–Trinajstić information content (AvgIpc) is 3.48.